The molecule has 1 fully saturated rings. The van der Waals surface area contributed by atoms with Crippen LogP contribution in [0.4, 0.5) is 0 Å². The van der Waals surface area contributed by atoms with Gasteiger partial charge in [0.05, 0.1) is 12.7 Å². The first-order chi connectivity index (χ1) is 10.0. The van der Waals surface area contributed by atoms with Gasteiger partial charge >= 0.3 is 0 Å². The van der Waals surface area contributed by atoms with Gasteiger partial charge in [0.1, 0.15) is 4.90 Å². The number of sulfonamides is 1. The summed E-state index contributed by atoms with van der Waals surface area (Å²) in [5.74, 6) is 1.48. The maximum absolute atomic E-state index is 12.1. The van der Waals surface area contributed by atoms with Gasteiger partial charge in [0.25, 0.3) is 0 Å². The standard InChI is InChI=1S/C14H26N4O2S/c1-12-2-4-13(5-3-12)6-8-17-21(19,20)14-10-16-18(11-14)9-7-15/h10-13,17H,2-9,15H2,1H3. The minimum atomic E-state index is -3.44. The second kappa shape index (κ2) is 7.38. The van der Waals surface area contributed by atoms with Crippen molar-refractivity contribution in [2.75, 3.05) is 13.1 Å². The molecule has 1 aromatic heterocycles. The van der Waals surface area contributed by atoms with Gasteiger partial charge in [-0.15, -0.1) is 0 Å². The summed E-state index contributed by atoms with van der Waals surface area (Å²) in [6.07, 6.45) is 8.79. The van der Waals surface area contributed by atoms with Gasteiger partial charge in [0.15, 0.2) is 0 Å². The van der Waals surface area contributed by atoms with E-state index in [1.54, 1.807) is 4.68 Å². The van der Waals surface area contributed by atoms with E-state index in [0.29, 0.717) is 25.6 Å². The fourth-order valence-electron chi connectivity index (χ4n) is 2.84. The number of hydrogen-bond acceptors (Lipinski definition) is 4. The molecule has 1 aromatic rings. The highest BCUT2D eigenvalue weighted by atomic mass is 32.2. The predicted octanol–water partition coefficient (Wildman–Crippen LogP) is 1.34. The molecule has 0 spiro atoms. The van der Waals surface area contributed by atoms with Crippen molar-refractivity contribution < 1.29 is 8.42 Å². The van der Waals surface area contributed by atoms with E-state index in [0.717, 1.165) is 12.3 Å². The van der Waals surface area contributed by atoms with Gasteiger partial charge in [-0.3, -0.25) is 4.68 Å². The van der Waals surface area contributed by atoms with Crippen molar-refractivity contribution in [1.82, 2.24) is 14.5 Å². The van der Waals surface area contributed by atoms with Crippen LogP contribution in [0, 0.1) is 11.8 Å². The summed E-state index contributed by atoms with van der Waals surface area (Å²) in [7, 11) is -3.44. The zero-order valence-corrected chi connectivity index (χ0v) is 13.5. The molecule has 0 atom stereocenters. The third-order valence-corrected chi connectivity index (χ3v) is 5.67. The number of nitrogens with zero attached hydrogens (tertiary/aromatic N) is 2. The Morgan fingerprint density at radius 1 is 1.38 bits per heavy atom. The summed E-state index contributed by atoms with van der Waals surface area (Å²) in [5.41, 5.74) is 5.43. The van der Waals surface area contributed by atoms with Gasteiger partial charge in [-0.1, -0.05) is 32.6 Å². The van der Waals surface area contributed by atoms with Crippen LogP contribution in [-0.2, 0) is 16.6 Å². The Kier molecular flexibility index (Phi) is 5.78. The highest BCUT2D eigenvalue weighted by Gasteiger charge is 2.20. The largest absolute Gasteiger partial charge is 0.329 e. The van der Waals surface area contributed by atoms with Crippen LogP contribution in [0.3, 0.4) is 0 Å². The third-order valence-electron chi connectivity index (χ3n) is 4.26. The third kappa shape index (κ3) is 4.79. The van der Waals surface area contributed by atoms with Crippen molar-refractivity contribution in [3.8, 4) is 0 Å². The van der Waals surface area contributed by atoms with Gasteiger partial charge in [-0.25, -0.2) is 13.1 Å². The van der Waals surface area contributed by atoms with E-state index in [1.807, 2.05) is 0 Å². The van der Waals surface area contributed by atoms with Gasteiger partial charge < -0.3 is 5.73 Å². The lowest BCUT2D eigenvalue weighted by Crippen LogP contribution is -2.27. The van der Waals surface area contributed by atoms with E-state index < -0.39 is 10.0 Å². The molecule has 1 aliphatic carbocycles. The molecule has 0 amide bonds. The minimum absolute atomic E-state index is 0.216. The molecule has 0 unspecified atom stereocenters. The summed E-state index contributed by atoms with van der Waals surface area (Å²) in [4.78, 5) is 0.216. The Labute approximate surface area is 127 Å². The van der Waals surface area contributed by atoms with Crippen LogP contribution in [0.15, 0.2) is 17.3 Å². The Balaban J connectivity index is 1.80. The smallest absolute Gasteiger partial charge is 0.243 e. The molecule has 0 aliphatic heterocycles. The number of aromatic nitrogens is 2. The van der Waals surface area contributed by atoms with Crippen LogP contribution in [-0.4, -0.2) is 31.3 Å². The molecule has 0 bridgehead atoms. The summed E-state index contributed by atoms with van der Waals surface area (Å²) in [6.45, 7) is 3.76. The van der Waals surface area contributed by atoms with Crippen molar-refractivity contribution in [2.45, 2.75) is 50.5 Å². The predicted molar refractivity (Wildman–Crippen MR) is 82.2 cm³/mol. The van der Waals surface area contributed by atoms with E-state index >= 15 is 0 Å². The van der Waals surface area contributed by atoms with Crippen LogP contribution < -0.4 is 10.5 Å². The highest BCUT2D eigenvalue weighted by Crippen LogP contribution is 2.30. The normalized spacial score (nSPS) is 23.3. The van der Waals surface area contributed by atoms with Gasteiger partial charge in [-0.05, 0) is 18.3 Å². The van der Waals surface area contributed by atoms with Gasteiger partial charge in [0.2, 0.25) is 10.0 Å². The monoisotopic (exact) mass is 314 g/mol. The number of rotatable bonds is 7. The second-order valence-electron chi connectivity index (χ2n) is 6.04. The SMILES string of the molecule is CC1CCC(CCNS(=O)(=O)c2cnn(CCN)c2)CC1. The molecule has 6 nitrogen and oxygen atoms in total. The maximum Gasteiger partial charge on any atom is 0.243 e. The van der Waals surface area contributed by atoms with Crippen molar-refractivity contribution in [2.24, 2.45) is 17.6 Å². The average molecular weight is 314 g/mol. The molecular formula is C14H26N4O2S. The molecule has 7 heteroatoms. The first kappa shape index (κ1) is 16.5. The average Bonchev–Trinajstić information content (AvgIpc) is 2.91. The van der Waals surface area contributed by atoms with Crippen LogP contribution in [0.1, 0.15) is 39.0 Å². The maximum atomic E-state index is 12.1. The van der Waals surface area contributed by atoms with E-state index in [-0.39, 0.29) is 4.90 Å². The summed E-state index contributed by atoms with van der Waals surface area (Å²) in [6, 6.07) is 0. The van der Waals surface area contributed by atoms with Crippen LogP contribution in [0.25, 0.3) is 0 Å². The first-order valence-corrected chi connectivity index (χ1v) is 9.22. The molecule has 0 aromatic carbocycles. The molecule has 0 saturated heterocycles. The molecule has 1 aliphatic rings. The zero-order valence-electron chi connectivity index (χ0n) is 12.7. The number of hydrogen-bond donors (Lipinski definition) is 2. The number of nitrogens with one attached hydrogen (secondary N) is 1. The van der Waals surface area contributed by atoms with Crippen molar-refractivity contribution in [3.63, 3.8) is 0 Å². The van der Waals surface area contributed by atoms with E-state index in [1.165, 1.54) is 38.1 Å². The zero-order chi connectivity index (χ0) is 15.3. The summed E-state index contributed by atoms with van der Waals surface area (Å²) < 4.78 is 28.5. The van der Waals surface area contributed by atoms with Crippen LogP contribution in [0.5, 0.6) is 0 Å². The second-order valence-corrected chi connectivity index (χ2v) is 7.81. The summed E-state index contributed by atoms with van der Waals surface area (Å²) >= 11 is 0. The molecule has 120 valence electrons. The fraction of sp³-hybridized carbons (Fsp3) is 0.786. The molecule has 21 heavy (non-hydrogen) atoms. The molecule has 2 rings (SSSR count). The van der Waals surface area contributed by atoms with Gasteiger partial charge in [-0.2, -0.15) is 5.10 Å². The van der Waals surface area contributed by atoms with Crippen molar-refractivity contribution in [1.29, 1.82) is 0 Å². The topological polar surface area (TPSA) is 90.0 Å². The van der Waals surface area contributed by atoms with E-state index in [4.69, 9.17) is 5.73 Å². The molecule has 1 heterocycles. The van der Waals surface area contributed by atoms with E-state index in [9.17, 15) is 8.42 Å². The van der Waals surface area contributed by atoms with Gasteiger partial charge in [0, 0.05) is 19.3 Å². The quantitative estimate of drug-likeness (QED) is 0.794. The Bertz CT molecular complexity index is 533. The molecule has 1 saturated carbocycles. The lowest BCUT2D eigenvalue weighted by atomic mass is 9.81. The van der Waals surface area contributed by atoms with Crippen molar-refractivity contribution >= 4 is 10.0 Å². The highest BCUT2D eigenvalue weighted by molar-refractivity contribution is 7.89. The number of nitrogens with two attached hydrogens (primary N) is 1. The first-order valence-electron chi connectivity index (χ1n) is 7.73. The van der Waals surface area contributed by atoms with Crippen LogP contribution in [0.2, 0.25) is 0 Å². The summed E-state index contributed by atoms with van der Waals surface area (Å²) in [5, 5.41) is 4.00. The molecular weight excluding hydrogens is 288 g/mol. The lowest BCUT2D eigenvalue weighted by molar-refractivity contribution is 0.278. The Hall–Kier alpha value is -0.920. The lowest BCUT2D eigenvalue weighted by Gasteiger charge is -2.25. The Morgan fingerprint density at radius 3 is 2.76 bits per heavy atom. The Morgan fingerprint density at radius 2 is 2.10 bits per heavy atom. The minimum Gasteiger partial charge on any atom is -0.329 e. The van der Waals surface area contributed by atoms with Crippen LogP contribution >= 0.6 is 0 Å². The van der Waals surface area contributed by atoms with E-state index in [2.05, 4.69) is 16.7 Å². The molecule has 0 radical (unpaired) electrons. The molecule has 3 N–H and O–H groups in total. The van der Waals surface area contributed by atoms with Crippen molar-refractivity contribution in [3.05, 3.63) is 12.4 Å². The fourth-order valence-corrected chi connectivity index (χ4v) is 3.84.